The van der Waals surface area contributed by atoms with Gasteiger partial charge in [-0.1, -0.05) is 12.1 Å². The Bertz CT molecular complexity index is 530. The van der Waals surface area contributed by atoms with E-state index in [0.29, 0.717) is 24.4 Å². The van der Waals surface area contributed by atoms with Crippen molar-refractivity contribution in [3.8, 4) is 0 Å². The average molecular weight is 345 g/mol. The standard InChI is InChI=1S/C17H22F2N2O.ClH/c18-17(19)8-1-11-21(12-17)16(22)15-4-2-13(3-5-15)14-6-9-20-10-7-14;/h2-5,14,20H,1,6-12H2;1H. The average Bonchev–Trinajstić information content (AvgIpc) is 2.54. The minimum Gasteiger partial charge on any atom is -0.333 e. The highest BCUT2D eigenvalue weighted by Gasteiger charge is 2.37. The molecule has 2 fully saturated rings. The molecule has 6 heteroatoms. The normalized spacial score (nSPS) is 21.6. The molecule has 0 saturated carbocycles. The minimum atomic E-state index is -2.75. The molecule has 2 heterocycles. The number of rotatable bonds is 2. The van der Waals surface area contributed by atoms with E-state index in [1.165, 1.54) is 10.5 Å². The van der Waals surface area contributed by atoms with E-state index < -0.39 is 12.5 Å². The van der Waals surface area contributed by atoms with Crippen molar-refractivity contribution in [3.05, 3.63) is 35.4 Å². The summed E-state index contributed by atoms with van der Waals surface area (Å²) < 4.78 is 26.9. The first-order valence-electron chi connectivity index (χ1n) is 8.03. The molecule has 0 unspecified atom stereocenters. The van der Waals surface area contributed by atoms with Gasteiger partial charge >= 0.3 is 0 Å². The van der Waals surface area contributed by atoms with Crippen molar-refractivity contribution in [3.63, 3.8) is 0 Å². The van der Waals surface area contributed by atoms with Crippen LogP contribution in [0.4, 0.5) is 8.78 Å². The maximum Gasteiger partial charge on any atom is 0.265 e. The minimum absolute atomic E-state index is 0. The van der Waals surface area contributed by atoms with Crippen molar-refractivity contribution in [1.29, 1.82) is 0 Å². The second-order valence-electron chi connectivity index (χ2n) is 6.33. The molecule has 0 radical (unpaired) electrons. The van der Waals surface area contributed by atoms with Gasteiger partial charge in [-0.25, -0.2) is 8.78 Å². The van der Waals surface area contributed by atoms with E-state index >= 15 is 0 Å². The summed E-state index contributed by atoms with van der Waals surface area (Å²) in [6.07, 6.45) is 2.45. The number of nitrogens with zero attached hydrogens (tertiary/aromatic N) is 1. The van der Waals surface area contributed by atoms with Gasteiger partial charge in [-0.2, -0.15) is 0 Å². The molecule has 0 aliphatic carbocycles. The van der Waals surface area contributed by atoms with Gasteiger partial charge in [-0.15, -0.1) is 12.4 Å². The van der Waals surface area contributed by atoms with Crippen LogP contribution in [0.25, 0.3) is 0 Å². The lowest BCUT2D eigenvalue weighted by Gasteiger charge is -2.32. The fourth-order valence-corrected chi connectivity index (χ4v) is 3.37. The maximum absolute atomic E-state index is 13.4. The number of nitrogens with one attached hydrogen (secondary N) is 1. The molecule has 3 rings (SSSR count). The second-order valence-corrected chi connectivity index (χ2v) is 6.33. The van der Waals surface area contributed by atoms with Gasteiger partial charge in [-0.05, 0) is 56.0 Å². The van der Waals surface area contributed by atoms with Gasteiger partial charge in [-0.3, -0.25) is 4.79 Å². The van der Waals surface area contributed by atoms with E-state index in [1.54, 1.807) is 12.1 Å². The molecule has 3 nitrogen and oxygen atoms in total. The van der Waals surface area contributed by atoms with Crippen LogP contribution < -0.4 is 5.32 Å². The van der Waals surface area contributed by atoms with Crippen LogP contribution in [0.15, 0.2) is 24.3 Å². The quantitative estimate of drug-likeness (QED) is 0.891. The molecule has 1 N–H and O–H groups in total. The summed E-state index contributed by atoms with van der Waals surface area (Å²) in [5, 5.41) is 3.33. The molecular weight excluding hydrogens is 322 g/mol. The molecule has 23 heavy (non-hydrogen) atoms. The predicted octanol–water partition coefficient (Wildman–Crippen LogP) is 3.45. The first-order chi connectivity index (χ1) is 10.6. The molecule has 0 bridgehead atoms. The summed E-state index contributed by atoms with van der Waals surface area (Å²) in [6.45, 7) is 2.01. The van der Waals surface area contributed by atoms with Gasteiger partial charge in [0.1, 0.15) is 0 Å². The van der Waals surface area contributed by atoms with E-state index in [-0.39, 0.29) is 24.7 Å². The summed E-state index contributed by atoms with van der Waals surface area (Å²) >= 11 is 0. The monoisotopic (exact) mass is 344 g/mol. The molecule has 0 aromatic heterocycles. The molecule has 1 aromatic rings. The van der Waals surface area contributed by atoms with Gasteiger partial charge in [0.2, 0.25) is 0 Å². The Balaban J connectivity index is 0.00000192. The zero-order valence-corrected chi connectivity index (χ0v) is 13.9. The summed E-state index contributed by atoms with van der Waals surface area (Å²) in [4.78, 5) is 13.6. The van der Waals surface area contributed by atoms with E-state index in [2.05, 4.69) is 5.32 Å². The van der Waals surface area contributed by atoms with Crippen LogP contribution in [-0.2, 0) is 0 Å². The zero-order valence-electron chi connectivity index (χ0n) is 13.1. The van der Waals surface area contributed by atoms with Crippen molar-refractivity contribution in [2.75, 3.05) is 26.2 Å². The fourth-order valence-electron chi connectivity index (χ4n) is 3.37. The van der Waals surface area contributed by atoms with Crippen molar-refractivity contribution < 1.29 is 13.6 Å². The molecule has 128 valence electrons. The maximum atomic E-state index is 13.4. The van der Waals surface area contributed by atoms with Gasteiger partial charge in [0, 0.05) is 18.5 Å². The van der Waals surface area contributed by atoms with E-state index in [9.17, 15) is 13.6 Å². The lowest BCUT2D eigenvalue weighted by Crippen LogP contribution is -2.45. The van der Waals surface area contributed by atoms with Crippen molar-refractivity contribution in [1.82, 2.24) is 10.2 Å². The van der Waals surface area contributed by atoms with Crippen LogP contribution in [0.2, 0.25) is 0 Å². The highest BCUT2D eigenvalue weighted by molar-refractivity contribution is 5.94. The van der Waals surface area contributed by atoms with Crippen molar-refractivity contribution in [2.24, 2.45) is 0 Å². The van der Waals surface area contributed by atoms with Crippen LogP contribution in [0.1, 0.15) is 47.5 Å². The third kappa shape index (κ3) is 4.42. The number of likely N-dealkylation sites (tertiary alicyclic amines) is 1. The summed E-state index contributed by atoms with van der Waals surface area (Å²) in [5.41, 5.74) is 1.75. The number of carbonyl (C=O) groups is 1. The van der Waals surface area contributed by atoms with Crippen LogP contribution in [0, 0.1) is 0 Å². The summed E-state index contributed by atoms with van der Waals surface area (Å²) in [6, 6.07) is 7.52. The molecule has 2 aliphatic rings. The highest BCUT2D eigenvalue weighted by atomic mass is 35.5. The molecule has 1 aromatic carbocycles. The third-order valence-corrected chi connectivity index (χ3v) is 4.65. The third-order valence-electron chi connectivity index (χ3n) is 4.65. The van der Waals surface area contributed by atoms with Gasteiger partial charge in [0.15, 0.2) is 0 Å². The predicted molar refractivity (Wildman–Crippen MR) is 88.6 cm³/mol. The van der Waals surface area contributed by atoms with Crippen molar-refractivity contribution >= 4 is 18.3 Å². The van der Waals surface area contributed by atoms with Gasteiger partial charge < -0.3 is 10.2 Å². The van der Waals surface area contributed by atoms with Crippen LogP contribution in [0.5, 0.6) is 0 Å². The molecule has 2 aliphatic heterocycles. The van der Waals surface area contributed by atoms with Crippen LogP contribution in [0.3, 0.4) is 0 Å². The molecule has 0 atom stereocenters. The van der Waals surface area contributed by atoms with Crippen LogP contribution in [-0.4, -0.2) is 42.9 Å². The Morgan fingerprint density at radius 2 is 1.83 bits per heavy atom. The highest BCUT2D eigenvalue weighted by Crippen LogP contribution is 2.28. The number of benzene rings is 1. The number of amides is 1. The number of hydrogen-bond acceptors (Lipinski definition) is 2. The lowest BCUT2D eigenvalue weighted by atomic mass is 9.90. The Hall–Kier alpha value is -1.20. The van der Waals surface area contributed by atoms with Crippen LogP contribution >= 0.6 is 12.4 Å². The Morgan fingerprint density at radius 3 is 2.43 bits per heavy atom. The van der Waals surface area contributed by atoms with E-state index in [0.717, 1.165) is 25.9 Å². The number of alkyl halides is 2. The molecule has 2 saturated heterocycles. The Kier molecular flexibility index (Phi) is 5.98. The SMILES string of the molecule is Cl.O=C(c1ccc(C2CCNCC2)cc1)N1CCCC(F)(F)C1. The van der Waals surface area contributed by atoms with Gasteiger partial charge in [0.25, 0.3) is 11.8 Å². The van der Waals surface area contributed by atoms with E-state index in [1.807, 2.05) is 12.1 Å². The van der Waals surface area contributed by atoms with Gasteiger partial charge in [0.05, 0.1) is 6.54 Å². The molecule has 1 amide bonds. The summed E-state index contributed by atoms with van der Waals surface area (Å²) in [5.74, 6) is -2.50. The smallest absolute Gasteiger partial charge is 0.265 e. The number of piperidine rings is 2. The first-order valence-corrected chi connectivity index (χ1v) is 8.03. The number of hydrogen-bond donors (Lipinski definition) is 1. The molecule has 0 spiro atoms. The second kappa shape index (κ2) is 7.58. The fraction of sp³-hybridized carbons (Fsp3) is 0.588. The Morgan fingerprint density at radius 1 is 1.17 bits per heavy atom. The zero-order chi connectivity index (χ0) is 15.6. The number of carbonyl (C=O) groups excluding carboxylic acids is 1. The Labute approximate surface area is 141 Å². The van der Waals surface area contributed by atoms with E-state index in [4.69, 9.17) is 0 Å². The summed E-state index contributed by atoms with van der Waals surface area (Å²) in [7, 11) is 0. The first kappa shape index (κ1) is 18.1. The molecular formula is C17H23ClF2N2O. The topological polar surface area (TPSA) is 32.3 Å². The van der Waals surface area contributed by atoms with Crippen molar-refractivity contribution in [2.45, 2.75) is 37.5 Å². The largest absolute Gasteiger partial charge is 0.333 e. The lowest BCUT2D eigenvalue weighted by molar-refractivity contribution is -0.0560. The number of halogens is 3.